The summed E-state index contributed by atoms with van der Waals surface area (Å²) in [6, 6.07) is 11.5. The van der Waals surface area contributed by atoms with Crippen molar-refractivity contribution in [1.82, 2.24) is 9.80 Å². The molecule has 2 aromatic carbocycles. The maximum Gasteiger partial charge on any atom is 0.227 e. The molecule has 3 rings (SSSR count). The predicted molar refractivity (Wildman–Crippen MR) is 114 cm³/mol. The molecule has 0 radical (unpaired) electrons. The third-order valence-corrected chi connectivity index (χ3v) is 6.22. The van der Waals surface area contributed by atoms with Crippen LogP contribution in [0.3, 0.4) is 0 Å². The van der Waals surface area contributed by atoms with Crippen LogP contribution in [0.5, 0.6) is 11.5 Å². The molecule has 0 aliphatic carbocycles. The Morgan fingerprint density at radius 3 is 2.39 bits per heavy atom. The van der Waals surface area contributed by atoms with E-state index in [2.05, 4.69) is 20.8 Å². The van der Waals surface area contributed by atoms with Crippen molar-refractivity contribution in [2.24, 2.45) is 0 Å². The number of amides is 1. The predicted octanol–water partition coefficient (Wildman–Crippen LogP) is 4.01. The number of benzene rings is 2. The van der Waals surface area contributed by atoms with Gasteiger partial charge in [-0.25, -0.2) is 0 Å². The molecule has 0 unspecified atom stereocenters. The number of piperazine rings is 1. The van der Waals surface area contributed by atoms with E-state index in [1.54, 1.807) is 14.2 Å². The lowest BCUT2D eigenvalue weighted by Crippen LogP contribution is -2.48. The van der Waals surface area contributed by atoms with Crippen molar-refractivity contribution in [2.45, 2.75) is 13.0 Å². The van der Waals surface area contributed by atoms with Crippen LogP contribution < -0.4 is 9.47 Å². The Morgan fingerprint density at radius 2 is 1.75 bits per heavy atom. The Balaban J connectivity index is 1.57. The molecular formula is C21H24BrClN2O3. The number of carbonyl (C=O) groups is 1. The number of hydrogen-bond acceptors (Lipinski definition) is 4. The molecule has 2 aromatic rings. The van der Waals surface area contributed by atoms with Crippen molar-refractivity contribution in [1.29, 1.82) is 0 Å². The number of rotatable bonds is 6. The number of ether oxygens (including phenoxy) is 2. The summed E-state index contributed by atoms with van der Waals surface area (Å²) in [4.78, 5) is 16.9. The molecule has 1 fully saturated rings. The second-order valence-corrected chi connectivity index (χ2v) is 7.90. The normalized spacial score (nSPS) is 14.8. The maximum absolute atomic E-state index is 12.6. The van der Waals surface area contributed by atoms with Gasteiger partial charge in [0, 0.05) is 37.7 Å². The van der Waals surface area contributed by atoms with Gasteiger partial charge in [0.25, 0.3) is 0 Å². The third kappa shape index (κ3) is 4.80. The van der Waals surface area contributed by atoms with Crippen LogP contribution in [0, 0.1) is 0 Å². The van der Waals surface area contributed by atoms with E-state index in [9.17, 15) is 4.79 Å². The largest absolute Gasteiger partial charge is 0.493 e. The van der Waals surface area contributed by atoms with Gasteiger partial charge in [-0.15, -0.1) is 0 Å². The zero-order valence-corrected chi connectivity index (χ0v) is 18.4. The Bertz CT molecular complexity index is 838. The van der Waals surface area contributed by atoms with Crippen molar-refractivity contribution in [3.63, 3.8) is 0 Å². The molecule has 1 saturated heterocycles. The molecule has 1 aliphatic rings. The number of methoxy groups -OCH3 is 2. The summed E-state index contributed by atoms with van der Waals surface area (Å²) in [5.41, 5.74) is 2.01. The molecule has 0 aromatic heterocycles. The quantitative estimate of drug-likeness (QED) is 0.644. The Kier molecular flexibility index (Phi) is 7.21. The average molecular weight is 468 g/mol. The van der Waals surface area contributed by atoms with Gasteiger partial charge < -0.3 is 14.4 Å². The zero-order chi connectivity index (χ0) is 20.1. The summed E-state index contributed by atoms with van der Waals surface area (Å²) in [7, 11) is 3.26. The minimum Gasteiger partial charge on any atom is -0.493 e. The first-order valence-electron chi connectivity index (χ1n) is 9.16. The smallest absolute Gasteiger partial charge is 0.227 e. The van der Waals surface area contributed by atoms with E-state index < -0.39 is 0 Å². The highest BCUT2D eigenvalue weighted by Gasteiger charge is 2.23. The van der Waals surface area contributed by atoms with E-state index >= 15 is 0 Å². The molecular weight excluding hydrogens is 444 g/mol. The molecule has 1 heterocycles. The minimum atomic E-state index is 0.125. The first kappa shape index (κ1) is 21.0. The molecule has 0 N–H and O–H groups in total. The minimum absolute atomic E-state index is 0.125. The van der Waals surface area contributed by atoms with E-state index in [4.69, 9.17) is 21.1 Å². The van der Waals surface area contributed by atoms with Crippen LogP contribution in [0.4, 0.5) is 0 Å². The highest BCUT2D eigenvalue weighted by molar-refractivity contribution is 9.10. The fourth-order valence-electron chi connectivity index (χ4n) is 3.36. The summed E-state index contributed by atoms with van der Waals surface area (Å²) in [6.07, 6.45) is 0.348. The van der Waals surface area contributed by atoms with Gasteiger partial charge in [-0.1, -0.05) is 35.9 Å². The van der Waals surface area contributed by atoms with Gasteiger partial charge in [0.15, 0.2) is 11.5 Å². The van der Waals surface area contributed by atoms with Gasteiger partial charge in [-0.2, -0.15) is 0 Å². The molecule has 0 spiro atoms. The molecule has 28 heavy (non-hydrogen) atoms. The lowest BCUT2D eigenvalue weighted by molar-refractivity contribution is -0.132. The molecule has 0 saturated carbocycles. The third-order valence-electron chi connectivity index (χ3n) is 4.98. The topological polar surface area (TPSA) is 42.0 Å². The van der Waals surface area contributed by atoms with Gasteiger partial charge in [-0.05, 0) is 39.2 Å². The van der Waals surface area contributed by atoms with Gasteiger partial charge in [0.1, 0.15) is 0 Å². The molecule has 5 nitrogen and oxygen atoms in total. The second kappa shape index (κ2) is 9.63. The van der Waals surface area contributed by atoms with E-state index in [0.717, 1.165) is 35.2 Å². The second-order valence-electron chi connectivity index (χ2n) is 6.70. The molecule has 0 atom stereocenters. The Hall–Kier alpha value is -1.76. The maximum atomic E-state index is 12.6. The lowest BCUT2D eigenvalue weighted by Gasteiger charge is -2.35. The number of halogens is 2. The van der Waals surface area contributed by atoms with Gasteiger partial charge in [0.05, 0.1) is 25.1 Å². The van der Waals surface area contributed by atoms with Gasteiger partial charge >= 0.3 is 0 Å². The van der Waals surface area contributed by atoms with E-state index in [1.165, 1.54) is 0 Å². The highest BCUT2D eigenvalue weighted by atomic mass is 79.9. The van der Waals surface area contributed by atoms with Gasteiger partial charge in [0.2, 0.25) is 5.91 Å². The van der Waals surface area contributed by atoms with Crippen LogP contribution in [0.15, 0.2) is 40.9 Å². The SMILES string of the molecule is COc1ccc(CN2CCN(C(=O)Cc3ccccc3Cl)CC2)c(Br)c1OC. The van der Waals surface area contributed by atoms with E-state index in [0.29, 0.717) is 36.0 Å². The number of hydrogen-bond donors (Lipinski definition) is 0. The van der Waals surface area contributed by atoms with Crippen LogP contribution in [0.1, 0.15) is 11.1 Å². The lowest BCUT2D eigenvalue weighted by atomic mass is 10.1. The van der Waals surface area contributed by atoms with Crippen molar-refractivity contribution >= 4 is 33.4 Å². The van der Waals surface area contributed by atoms with Crippen molar-refractivity contribution in [3.8, 4) is 11.5 Å². The highest BCUT2D eigenvalue weighted by Crippen LogP contribution is 2.38. The van der Waals surface area contributed by atoms with E-state index in [-0.39, 0.29) is 5.91 Å². The number of nitrogens with zero attached hydrogens (tertiary/aromatic N) is 2. The zero-order valence-electron chi connectivity index (χ0n) is 16.1. The summed E-state index contributed by atoms with van der Waals surface area (Å²) in [6.45, 7) is 3.87. The average Bonchev–Trinajstić information content (AvgIpc) is 2.71. The van der Waals surface area contributed by atoms with Crippen LogP contribution >= 0.6 is 27.5 Å². The van der Waals surface area contributed by atoms with E-state index in [1.807, 2.05) is 41.3 Å². The fourth-order valence-corrected chi connectivity index (χ4v) is 4.18. The van der Waals surface area contributed by atoms with Crippen LogP contribution in [0.2, 0.25) is 5.02 Å². The summed E-state index contributed by atoms with van der Waals surface area (Å²) < 4.78 is 11.7. The van der Waals surface area contributed by atoms with Gasteiger partial charge in [-0.3, -0.25) is 9.69 Å². The van der Waals surface area contributed by atoms with Crippen molar-refractivity contribution in [3.05, 3.63) is 57.0 Å². The van der Waals surface area contributed by atoms with Crippen molar-refractivity contribution in [2.75, 3.05) is 40.4 Å². The van der Waals surface area contributed by atoms with Crippen molar-refractivity contribution < 1.29 is 14.3 Å². The Morgan fingerprint density at radius 1 is 1.04 bits per heavy atom. The molecule has 7 heteroatoms. The first-order valence-corrected chi connectivity index (χ1v) is 10.3. The number of carbonyl (C=O) groups excluding carboxylic acids is 1. The van der Waals surface area contributed by atoms with Crippen LogP contribution in [-0.4, -0.2) is 56.1 Å². The fraction of sp³-hybridized carbons (Fsp3) is 0.381. The molecule has 1 amide bonds. The van der Waals surface area contributed by atoms with Crippen LogP contribution in [-0.2, 0) is 17.8 Å². The van der Waals surface area contributed by atoms with Crippen LogP contribution in [0.25, 0.3) is 0 Å². The summed E-state index contributed by atoms with van der Waals surface area (Å²) >= 11 is 9.81. The monoisotopic (exact) mass is 466 g/mol. The molecule has 1 aliphatic heterocycles. The first-order chi connectivity index (χ1) is 13.5. The molecule has 150 valence electrons. The molecule has 0 bridgehead atoms. The summed E-state index contributed by atoms with van der Waals surface area (Å²) in [5, 5.41) is 0.646. The summed E-state index contributed by atoms with van der Waals surface area (Å²) in [5.74, 6) is 1.53. The Labute approximate surface area is 179 Å². The standard InChI is InChI=1S/C21H24BrClN2O3/c1-27-18-8-7-16(20(22)21(18)28-2)14-24-9-11-25(12-10-24)19(26)13-15-5-3-4-6-17(15)23/h3-8H,9-14H2,1-2H3.